The minimum Gasteiger partial charge on any atom is -0.384 e. The molecule has 6 nitrogen and oxygen atoms in total. The van der Waals surface area contributed by atoms with Crippen LogP contribution >= 0.6 is 0 Å². The van der Waals surface area contributed by atoms with Crippen LogP contribution in [0.3, 0.4) is 0 Å². The summed E-state index contributed by atoms with van der Waals surface area (Å²) >= 11 is 0. The molecule has 0 amide bonds. The van der Waals surface area contributed by atoms with E-state index in [1.54, 1.807) is 19.2 Å². The summed E-state index contributed by atoms with van der Waals surface area (Å²) in [5, 5.41) is 22.4. The van der Waals surface area contributed by atoms with Crippen LogP contribution in [0.25, 0.3) is 21.9 Å². The molecule has 9 heteroatoms. The van der Waals surface area contributed by atoms with Crippen molar-refractivity contribution in [2.75, 3.05) is 12.4 Å². The summed E-state index contributed by atoms with van der Waals surface area (Å²) in [4.78, 5) is 4.15. The lowest BCUT2D eigenvalue weighted by Crippen LogP contribution is -2.14. The van der Waals surface area contributed by atoms with E-state index in [1.165, 1.54) is 12.3 Å². The Bertz CT molecular complexity index is 1420. The van der Waals surface area contributed by atoms with E-state index in [2.05, 4.69) is 10.3 Å². The van der Waals surface area contributed by atoms with Gasteiger partial charge in [0.15, 0.2) is 0 Å². The van der Waals surface area contributed by atoms with Gasteiger partial charge in [-0.1, -0.05) is 12.1 Å². The monoisotopic (exact) mass is 465 g/mol. The molecule has 1 unspecified atom stereocenters. The van der Waals surface area contributed by atoms with Crippen LogP contribution in [0.4, 0.5) is 19.0 Å². The van der Waals surface area contributed by atoms with Crippen LogP contribution in [0.15, 0.2) is 48.8 Å². The van der Waals surface area contributed by atoms with E-state index in [4.69, 9.17) is 11.1 Å². The van der Waals surface area contributed by atoms with E-state index in [0.717, 1.165) is 25.0 Å². The first-order valence-corrected chi connectivity index (χ1v) is 10.8. The first-order chi connectivity index (χ1) is 16.3. The van der Waals surface area contributed by atoms with Crippen molar-refractivity contribution >= 4 is 22.4 Å². The fourth-order valence-corrected chi connectivity index (χ4v) is 4.36. The number of aliphatic hydroxyl groups is 1. The second kappa shape index (κ2) is 8.18. The molecule has 174 valence electrons. The maximum Gasteiger partial charge on any atom is 0.140 e. The van der Waals surface area contributed by atoms with E-state index >= 15 is 4.39 Å². The number of rotatable bonds is 6. The number of nitrogen functional groups attached to an aromatic ring is 1. The SMILES string of the molecule is CNc1c(C(=N)N)c(-c2ccc3cc(C(O)c4cc(F)cc(F)c4)ncc3c2F)cn1C1CC1. The molecule has 0 radical (unpaired) electrons. The van der Waals surface area contributed by atoms with Gasteiger partial charge < -0.3 is 20.7 Å². The maximum absolute atomic E-state index is 15.7. The van der Waals surface area contributed by atoms with Crippen LogP contribution in [-0.2, 0) is 0 Å². The highest BCUT2D eigenvalue weighted by Crippen LogP contribution is 2.43. The number of halogens is 3. The summed E-state index contributed by atoms with van der Waals surface area (Å²) in [6.07, 6.45) is 3.73. The molecule has 4 aromatic rings. The molecule has 5 rings (SSSR count). The molecule has 1 aliphatic rings. The van der Waals surface area contributed by atoms with Gasteiger partial charge in [-0.2, -0.15) is 0 Å². The topological polar surface area (TPSA) is 100.0 Å². The van der Waals surface area contributed by atoms with Crippen molar-refractivity contribution in [2.24, 2.45) is 5.73 Å². The summed E-state index contributed by atoms with van der Waals surface area (Å²) in [7, 11) is 1.74. The zero-order valence-electron chi connectivity index (χ0n) is 18.2. The second-order valence-electron chi connectivity index (χ2n) is 8.43. The predicted octanol–water partition coefficient (Wildman–Crippen LogP) is 4.86. The third-order valence-electron chi connectivity index (χ3n) is 6.11. The molecule has 34 heavy (non-hydrogen) atoms. The lowest BCUT2D eigenvalue weighted by atomic mass is 9.98. The van der Waals surface area contributed by atoms with Crippen LogP contribution in [0.2, 0.25) is 0 Å². The molecule has 0 bridgehead atoms. The number of hydrogen-bond acceptors (Lipinski definition) is 4. The average molecular weight is 465 g/mol. The van der Waals surface area contributed by atoms with Gasteiger partial charge in [0.1, 0.15) is 35.2 Å². The molecule has 0 aliphatic heterocycles. The van der Waals surface area contributed by atoms with Crippen LogP contribution < -0.4 is 11.1 Å². The number of amidine groups is 1. The van der Waals surface area contributed by atoms with Crippen LogP contribution in [-0.4, -0.2) is 27.5 Å². The number of nitrogens with zero attached hydrogens (tertiary/aromatic N) is 2. The van der Waals surface area contributed by atoms with Gasteiger partial charge in [0.2, 0.25) is 0 Å². The number of pyridine rings is 1. The summed E-state index contributed by atoms with van der Waals surface area (Å²) in [6.45, 7) is 0. The van der Waals surface area contributed by atoms with Crippen LogP contribution in [0.5, 0.6) is 0 Å². The number of nitrogens with one attached hydrogen (secondary N) is 2. The summed E-state index contributed by atoms with van der Waals surface area (Å²) in [5.41, 5.74) is 7.22. The third kappa shape index (κ3) is 3.67. The van der Waals surface area contributed by atoms with Crippen molar-refractivity contribution in [3.8, 4) is 11.1 Å². The van der Waals surface area contributed by atoms with Crippen molar-refractivity contribution in [3.63, 3.8) is 0 Å². The molecule has 0 saturated heterocycles. The largest absolute Gasteiger partial charge is 0.384 e. The Morgan fingerprint density at radius 3 is 2.47 bits per heavy atom. The maximum atomic E-state index is 15.7. The number of fused-ring (bicyclic) bond motifs is 1. The molecule has 0 spiro atoms. The standard InChI is InChI=1S/C25H22F3N5O/c1-31-25-21(24(29)30)19(11-33(25)16-3-4-16)17-5-2-12-8-20(32-10-18(12)22(17)28)23(34)13-6-14(26)9-15(27)7-13/h2,5-11,16,23,31,34H,3-4H2,1H3,(H3,29,30). The normalized spacial score (nSPS) is 14.4. The summed E-state index contributed by atoms with van der Waals surface area (Å²) < 4.78 is 44.8. The Morgan fingerprint density at radius 2 is 1.85 bits per heavy atom. The lowest BCUT2D eigenvalue weighted by Gasteiger charge is -2.13. The fourth-order valence-electron chi connectivity index (χ4n) is 4.36. The van der Waals surface area contributed by atoms with Gasteiger partial charge in [-0.25, -0.2) is 13.2 Å². The lowest BCUT2D eigenvalue weighted by molar-refractivity contribution is 0.214. The van der Waals surface area contributed by atoms with Crippen molar-refractivity contribution in [3.05, 3.63) is 83.1 Å². The van der Waals surface area contributed by atoms with Crippen LogP contribution in [0.1, 0.15) is 41.8 Å². The molecule has 2 aromatic carbocycles. The van der Waals surface area contributed by atoms with E-state index in [1.807, 2.05) is 10.8 Å². The molecular formula is C25H22F3N5O. The molecule has 5 N–H and O–H groups in total. The van der Waals surface area contributed by atoms with E-state index in [9.17, 15) is 13.9 Å². The Kier molecular flexibility index (Phi) is 5.28. The Balaban J connectivity index is 1.60. The van der Waals surface area contributed by atoms with Gasteiger partial charge in [0.25, 0.3) is 0 Å². The Labute approximate surface area is 193 Å². The van der Waals surface area contributed by atoms with E-state index < -0.39 is 23.6 Å². The van der Waals surface area contributed by atoms with Gasteiger partial charge in [-0.05, 0) is 42.0 Å². The molecule has 1 fully saturated rings. The third-order valence-corrected chi connectivity index (χ3v) is 6.11. The Hall–Kier alpha value is -3.85. The smallest absolute Gasteiger partial charge is 0.140 e. The minimum atomic E-state index is -1.38. The van der Waals surface area contributed by atoms with E-state index in [-0.39, 0.29) is 34.1 Å². The number of benzene rings is 2. The molecule has 1 saturated carbocycles. The fraction of sp³-hybridized carbons (Fsp3) is 0.200. The molecule has 2 heterocycles. The number of anilines is 1. The second-order valence-corrected chi connectivity index (χ2v) is 8.43. The first-order valence-electron chi connectivity index (χ1n) is 10.8. The number of aromatic nitrogens is 2. The van der Waals surface area contributed by atoms with Crippen molar-refractivity contribution in [1.82, 2.24) is 9.55 Å². The zero-order chi connectivity index (χ0) is 24.1. The zero-order valence-corrected chi connectivity index (χ0v) is 18.2. The molecular weight excluding hydrogens is 443 g/mol. The Morgan fingerprint density at radius 1 is 1.15 bits per heavy atom. The highest BCUT2D eigenvalue weighted by Gasteiger charge is 2.30. The number of nitrogens with two attached hydrogens (primary N) is 1. The quantitative estimate of drug-likeness (QED) is 0.241. The molecule has 1 aliphatic carbocycles. The van der Waals surface area contributed by atoms with Gasteiger partial charge in [0, 0.05) is 48.1 Å². The molecule has 1 atom stereocenters. The van der Waals surface area contributed by atoms with Crippen molar-refractivity contribution in [1.29, 1.82) is 5.41 Å². The van der Waals surface area contributed by atoms with Crippen LogP contribution in [0, 0.1) is 22.9 Å². The van der Waals surface area contributed by atoms with Gasteiger partial charge in [0.05, 0.1) is 11.3 Å². The number of hydrogen-bond donors (Lipinski definition) is 4. The van der Waals surface area contributed by atoms with Gasteiger partial charge >= 0.3 is 0 Å². The highest BCUT2D eigenvalue weighted by molar-refractivity contribution is 6.07. The van der Waals surface area contributed by atoms with Gasteiger partial charge in [-0.3, -0.25) is 10.4 Å². The number of aliphatic hydroxyl groups excluding tert-OH is 1. The average Bonchev–Trinajstić information content (AvgIpc) is 3.57. The minimum absolute atomic E-state index is 0.00792. The molecule has 2 aromatic heterocycles. The summed E-state index contributed by atoms with van der Waals surface area (Å²) in [6, 6.07) is 7.80. The van der Waals surface area contributed by atoms with Gasteiger partial charge in [-0.15, -0.1) is 0 Å². The van der Waals surface area contributed by atoms with E-state index in [0.29, 0.717) is 28.4 Å². The van der Waals surface area contributed by atoms with Crippen molar-refractivity contribution < 1.29 is 18.3 Å². The first kappa shape index (κ1) is 22.0. The summed E-state index contributed by atoms with van der Waals surface area (Å²) in [5.74, 6) is -1.67. The predicted molar refractivity (Wildman–Crippen MR) is 124 cm³/mol. The highest BCUT2D eigenvalue weighted by atomic mass is 19.1. The van der Waals surface area contributed by atoms with Crippen molar-refractivity contribution in [2.45, 2.75) is 25.0 Å².